The number of hydrogen-bond acceptors (Lipinski definition) is 6. The Labute approximate surface area is 203 Å². The first kappa shape index (κ1) is 24.3. The number of fused-ring (bicyclic) bond motifs is 2. The number of nitro groups is 1. The number of benzene rings is 2. The van der Waals surface area contributed by atoms with E-state index in [1.807, 2.05) is 0 Å². The number of sulfonamides is 1. The van der Waals surface area contributed by atoms with Gasteiger partial charge >= 0.3 is 0 Å². The molecule has 34 heavy (non-hydrogen) atoms. The minimum atomic E-state index is -4.39. The molecule has 3 atom stereocenters. The van der Waals surface area contributed by atoms with Crippen LogP contribution in [-0.4, -0.2) is 38.9 Å². The number of nitrogens with zero attached hydrogens (tertiary/aromatic N) is 2. The standard InChI is InChI=1S/C23H26ClN3O6S/c1-14-3-7-18(12-20(14)27(29)30)34(31,32)26(21-11-17(24)6-8-22(21)33-2)13-23(28)25-19-10-15-4-5-16(19)9-15/h3,6-8,11-12,15-16,19H,4-5,9-10,13H2,1-2H3,(H,25,28)/t15-,16+,19+/m0/s1. The van der Waals surface area contributed by atoms with Gasteiger partial charge in [-0.2, -0.15) is 0 Å². The molecule has 0 aromatic heterocycles. The Balaban J connectivity index is 1.72. The number of carbonyl (C=O) groups is 1. The lowest BCUT2D eigenvalue weighted by Gasteiger charge is -2.28. The summed E-state index contributed by atoms with van der Waals surface area (Å²) in [6.45, 7) is 1.00. The Hall–Kier alpha value is -2.85. The highest BCUT2D eigenvalue weighted by Gasteiger charge is 2.40. The van der Waals surface area contributed by atoms with Gasteiger partial charge in [0, 0.05) is 22.7 Å². The maximum Gasteiger partial charge on any atom is 0.273 e. The zero-order chi connectivity index (χ0) is 24.6. The lowest BCUT2D eigenvalue weighted by atomic mass is 9.95. The van der Waals surface area contributed by atoms with Crippen molar-refractivity contribution in [1.82, 2.24) is 5.32 Å². The molecular weight excluding hydrogens is 482 g/mol. The van der Waals surface area contributed by atoms with Gasteiger partial charge in [-0.1, -0.05) is 24.1 Å². The molecule has 0 spiro atoms. The number of carbonyl (C=O) groups excluding carboxylic acids is 1. The van der Waals surface area contributed by atoms with Crippen LogP contribution < -0.4 is 14.4 Å². The Morgan fingerprint density at radius 3 is 2.62 bits per heavy atom. The SMILES string of the molecule is COc1ccc(Cl)cc1N(CC(=O)N[C@@H]1C[C@H]2CC[C@@H]1C2)S(=O)(=O)c1ccc(C)c([N+](=O)[O-])c1. The molecule has 9 nitrogen and oxygen atoms in total. The van der Waals surface area contributed by atoms with Gasteiger partial charge in [-0.25, -0.2) is 8.42 Å². The van der Waals surface area contributed by atoms with Gasteiger partial charge in [0.15, 0.2) is 0 Å². The van der Waals surface area contributed by atoms with E-state index in [9.17, 15) is 23.3 Å². The minimum Gasteiger partial charge on any atom is -0.495 e. The maximum absolute atomic E-state index is 13.7. The smallest absolute Gasteiger partial charge is 0.273 e. The van der Waals surface area contributed by atoms with Crippen molar-refractivity contribution in [2.45, 2.75) is 43.5 Å². The lowest BCUT2D eigenvalue weighted by molar-refractivity contribution is -0.385. The zero-order valence-electron chi connectivity index (χ0n) is 18.9. The predicted molar refractivity (Wildman–Crippen MR) is 128 cm³/mol. The minimum absolute atomic E-state index is 0.0255. The summed E-state index contributed by atoms with van der Waals surface area (Å²) in [6, 6.07) is 8.13. The van der Waals surface area contributed by atoms with Crippen molar-refractivity contribution in [3.63, 3.8) is 0 Å². The van der Waals surface area contributed by atoms with Crippen molar-refractivity contribution >= 4 is 38.9 Å². The molecule has 2 saturated carbocycles. The van der Waals surface area contributed by atoms with Crippen molar-refractivity contribution in [3.05, 3.63) is 57.1 Å². The molecule has 0 unspecified atom stereocenters. The Kier molecular flexibility index (Phi) is 6.73. The van der Waals surface area contributed by atoms with Gasteiger partial charge in [0.05, 0.1) is 22.6 Å². The number of anilines is 1. The summed E-state index contributed by atoms with van der Waals surface area (Å²) in [6.07, 6.45) is 4.21. The summed E-state index contributed by atoms with van der Waals surface area (Å²) in [7, 11) is -3.01. The van der Waals surface area contributed by atoms with Gasteiger partial charge in [0.25, 0.3) is 15.7 Å². The summed E-state index contributed by atoms with van der Waals surface area (Å²) in [5.74, 6) is 0.766. The molecule has 2 fully saturated rings. The highest BCUT2D eigenvalue weighted by molar-refractivity contribution is 7.92. The quantitative estimate of drug-likeness (QED) is 0.425. The van der Waals surface area contributed by atoms with Gasteiger partial charge in [0.1, 0.15) is 12.3 Å². The molecule has 4 rings (SSSR count). The third kappa shape index (κ3) is 4.69. The second kappa shape index (κ2) is 9.42. The summed E-state index contributed by atoms with van der Waals surface area (Å²) < 4.78 is 33.7. The monoisotopic (exact) mass is 507 g/mol. The van der Waals surface area contributed by atoms with E-state index in [0.29, 0.717) is 17.4 Å². The van der Waals surface area contributed by atoms with Crippen LogP contribution in [-0.2, 0) is 14.8 Å². The normalized spacial score (nSPS) is 21.3. The second-order valence-corrected chi connectivity index (χ2v) is 11.2. The summed E-state index contributed by atoms with van der Waals surface area (Å²) >= 11 is 6.15. The number of nitro benzene ring substituents is 1. The van der Waals surface area contributed by atoms with Crippen molar-refractivity contribution in [2.24, 2.45) is 11.8 Å². The summed E-state index contributed by atoms with van der Waals surface area (Å²) in [5.41, 5.74) is 0.0664. The Morgan fingerprint density at radius 2 is 2.00 bits per heavy atom. The maximum atomic E-state index is 13.7. The second-order valence-electron chi connectivity index (χ2n) is 8.88. The third-order valence-corrected chi connectivity index (χ3v) is 8.74. The third-order valence-electron chi connectivity index (χ3n) is 6.75. The van der Waals surface area contributed by atoms with Crippen LogP contribution in [0.1, 0.15) is 31.2 Å². The van der Waals surface area contributed by atoms with E-state index >= 15 is 0 Å². The van der Waals surface area contributed by atoms with Crippen molar-refractivity contribution in [3.8, 4) is 5.75 Å². The average molecular weight is 508 g/mol. The molecule has 0 saturated heterocycles. The molecule has 0 heterocycles. The van der Waals surface area contributed by atoms with Gasteiger partial charge in [-0.05, 0) is 62.3 Å². The van der Waals surface area contributed by atoms with Gasteiger partial charge in [-0.3, -0.25) is 19.2 Å². The number of halogens is 1. The molecule has 2 aromatic carbocycles. The van der Waals surface area contributed by atoms with Gasteiger partial charge in [-0.15, -0.1) is 0 Å². The van der Waals surface area contributed by atoms with Gasteiger partial charge in [0.2, 0.25) is 5.91 Å². The highest BCUT2D eigenvalue weighted by Crippen LogP contribution is 2.44. The van der Waals surface area contributed by atoms with E-state index in [2.05, 4.69) is 5.32 Å². The number of hydrogen-bond donors (Lipinski definition) is 1. The number of ether oxygens (including phenoxy) is 1. The highest BCUT2D eigenvalue weighted by atomic mass is 35.5. The van der Waals surface area contributed by atoms with Crippen LogP contribution in [0, 0.1) is 28.9 Å². The summed E-state index contributed by atoms with van der Waals surface area (Å²) in [5, 5.41) is 14.7. The van der Waals surface area contributed by atoms with E-state index in [-0.39, 0.29) is 33.1 Å². The molecule has 2 aliphatic rings. The molecule has 182 valence electrons. The predicted octanol–water partition coefficient (Wildman–Crippen LogP) is 4.07. The molecule has 0 aliphatic heterocycles. The molecule has 11 heteroatoms. The van der Waals surface area contributed by atoms with Crippen LogP contribution in [0.2, 0.25) is 5.02 Å². The number of methoxy groups -OCH3 is 1. The molecule has 0 radical (unpaired) electrons. The van der Waals surface area contributed by atoms with Gasteiger partial charge < -0.3 is 10.1 Å². The number of amides is 1. The lowest BCUT2D eigenvalue weighted by Crippen LogP contribution is -2.46. The molecule has 2 aliphatic carbocycles. The molecular formula is C23H26ClN3O6S. The first-order chi connectivity index (χ1) is 16.1. The van der Waals surface area contributed by atoms with Crippen LogP contribution in [0.15, 0.2) is 41.3 Å². The van der Waals surface area contributed by atoms with Crippen LogP contribution in [0.4, 0.5) is 11.4 Å². The van der Waals surface area contributed by atoms with E-state index in [1.54, 1.807) is 6.07 Å². The molecule has 1 N–H and O–H groups in total. The van der Waals surface area contributed by atoms with Crippen molar-refractivity contribution in [1.29, 1.82) is 0 Å². The Morgan fingerprint density at radius 1 is 1.24 bits per heavy atom. The summed E-state index contributed by atoms with van der Waals surface area (Å²) in [4.78, 5) is 23.5. The topological polar surface area (TPSA) is 119 Å². The Bertz CT molecular complexity index is 1240. The van der Waals surface area contributed by atoms with E-state index in [0.717, 1.165) is 29.6 Å². The largest absolute Gasteiger partial charge is 0.495 e. The van der Waals surface area contributed by atoms with Crippen molar-refractivity contribution in [2.75, 3.05) is 18.0 Å². The fourth-order valence-electron chi connectivity index (χ4n) is 5.04. The number of aryl methyl sites for hydroxylation is 1. The van der Waals surface area contributed by atoms with Crippen LogP contribution in [0.25, 0.3) is 0 Å². The zero-order valence-corrected chi connectivity index (χ0v) is 20.4. The fraction of sp³-hybridized carbons (Fsp3) is 0.435. The van der Waals surface area contributed by atoms with E-state index in [1.165, 1.54) is 44.7 Å². The molecule has 1 amide bonds. The van der Waals surface area contributed by atoms with E-state index < -0.39 is 27.4 Å². The van der Waals surface area contributed by atoms with Crippen LogP contribution in [0.3, 0.4) is 0 Å². The van der Waals surface area contributed by atoms with Crippen LogP contribution in [0.5, 0.6) is 5.75 Å². The van der Waals surface area contributed by atoms with E-state index in [4.69, 9.17) is 16.3 Å². The fourth-order valence-corrected chi connectivity index (χ4v) is 6.65. The van der Waals surface area contributed by atoms with Crippen LogP contribution >= 0.6 is 11.6 Å². The molecule has 2 bridgehead atoms. The first-order valence-corrected chi connectivity index (χ1v) is 12.8. The van der Waals surface area contributed by atoms with Crippen molar-refractivity contribution < 1.29 is 22.9 Å². The number of nitrogens with one attached hydrogen (secondary N) is 1. The first-order valence-electron chi connectivity index (χ1n) is 11.0. The average Bonchev–Trinajstić information content (AvgIpc) is 3.40. The molecule has 2 aromatic rings. The number of rotatable bonds is 8.